The molecule has 4 saturated carbocycles. The van der Waals surface area contributed by atoms with Crippen LogP contribution in [0.15, 0.2) is 84.9 Å². The van der Waals surface area contributed by atoms with Crippen LogP contribution in [0.5, 0.6) is 0 Å². The fraction of sp³-hybridized carbons (Fsp3) is 0.463. The summed E-state index contributed by atoms with van der Waals surface area (Å²) in [5, 5.41) is 22.2. The first-order chi connectivity index (χ1) is 40.9. The van der Waals surface area contributed by atoms with Gasteiger partial charge in [-0.05, 0) is 274 Å². The molecule has 19 rings (SSSR count). The molecule has 8 bridgehead atoms. The van der Waals surface area contributed by atoms with Crippen molar-refractivity contribution in [3.05, 3.63) is 146 Å². The lowest BCUT2D eigenvalue weighted by Crippen LogP contribution is -2.25. The lowest BCUT2D eigenvalue weighted by Gasteiger charge is -2.38. The van der Waals surface area contributed by atoms with E-state index in [2.05, 4.69) is 188 Å². The maximum absolute atomic E-state index is 11.5. The quantitative estimate of drug-likeness (QED) is 0.153. The number of nitriles is 1. The second-order valence-corrected chi connectivity index (χ2v) is 34.3. The van der Waals surface area contributed by atoms with E-state index in [0.717, 1.165) is 60.6 Å². The van der Waals surface area contributed by atoms with Crippen LogP contribution < -0.4 is 0 Å². The Morgan fingerprint density at radius 3 is 1.14 bits per heavy atom. The summed E-state index contributed by atoms with van der Waals surface area (Å²) >= 11 is 0. The Morgan fingerprint density at radius 1 is 0.419 bits per heavy atom. The summed E-state index contributed by atoms with van der Waals surface area (Å²) < 4.78 is 5.32. The lowest BCUT2D eigenvalue weighted by atomic mass is 9.67. The van der Waals surface area contributed by atoms with Gasteiger partial charge in [0.1, 0.15) is 0 Å². The maximum Gasteiger partial charge on any atom is 0.193 e. The number of fused-ring (bicyclic) bond motifs is 12. The molecule has 7 aromatic carbocycles. The van der Waals surface area contributed by atoms with Gasteiger partial charge in [0.25, 0.3) is 0 Å². The van der Waals surface area contributed by atoms with E-state index in [1.807, 2.05) is 0 Å². The second-order valence-electron chi connectivity index (χ2n) is 34.3. The molecule has 0 saturated heterocycles. The zero-order chi connectivity index (χ0) is 59.2. The summed E-state index contributed by atoms with van der Waals surface area (Å²) in [5.74, 6) is 4.81. The van der Waals surface area contributed by atoms with Crippen molar-refractivity contribution in [2.75, 3.05) is 0 Å². The molecule has 4 atom stereocenters. The summed E-state index contributed by atoms with van der Waals surface area (Å²) in [6, 6.07) is 37.7. The molecule has 8 aliphatic carbocycles. The van der Waals surface area contributed by atoms with Crippen LogP contribution in [0.2, 0.25) is 0 Å². The third-order valence-electron chi connectivity index (χ3n) is 22.7. The van der Waals surface area contributed by atoms with Crippen molar-refractivity contribution in [3.63, 3.8) is 0 Å². The van der Waals surface area contributed by atoms with Gasteiger partial charge in [0.2, 0.25) is 0 Å². The summed E-state index contributed by atoms with van der Waals surface area (Å²) in [6.45, 7) is 37.8. The van der Waals surface area contributed by atoms with E-state index in [-0.39, 0.29) is 21.7 Å². The minimum absolute atomic E-state index is 0.0929. The average molecular weight is 1130 g/mol. The second kappa shape index (κ2) is 17.9. The van der Waals surface area contributed by atoms with Crippen molar-refractivity contribution in [3.8, 4) is 28.3 Å². The molecule has 4 heterocycles. The third-order valence-corrected chi connectivity index (χ3v) is 22.7. The molecule has 4 heteroatoms. The zero-order valence-corrected chi connectivity index (χ0v) is 53.4. The molecule has 434 valence electrons. The van der Waals surface area contributed by atoms with E-state index < -0.39 is 0 Å². The first-order valence-corrected chi connectivity index (χ1v) is 33.5. The van der Waals surface area contributed by atoms with E-state index in [0.29, 0.717) is 23.7 Å². The number of benzene rings is 7. The van der Waals surface area contributed by atoms with Crippen LogP contribution in [0, 0.1) is 63.2 Å². The maximum atomic E-state index is 11.5. The Labute approximate surface area is 509 Å². The topological polar surface area (TPSA) is 37.0 Å². The number of hydrogen-bond donors (Lipinski definition) is 0. The minimum Gasteiger partial charge on any atom is -0.309 e. The lowest BCUT2D eigenvalue weighted by molar-refractivity contribution is 0.166. The fourth-order valence-electron chi connectivity index (χ4n) is 20.7. The van der Waals surface area contributed by atoms with Crippen LogP contribution in [0.3, 0.4) is 0 Å². The Morgan fingerprint density at radius 2 is 0.767 bits per heavy atom. The van der Waals surface area contributed by atoms with E-state index in [9.17, 15) is 5.26 Å². The molecule has 4 aromatic heterocycles. The van der Waals surface area contributed by atoms with Gasteiger partial charge in [-0.25, -0.2) is 4.85 Å². The molecule has 8 aliphatic rings. The summed E-state index contributed by atoms with van der Waals surface area (Å²) in [6.07, 6.45) is 16.6. The van der Waals surface area contributed by atoms with Gasteiger partial charge in [0, 0.05) is 48.6 Å². The number of aromatic nitrogens is 2. The van der Waals surface area contributed by atoms with Crippen LogP contribution in [0.25, 0.3) is 103 Å². The number of hydrogen-bond acceptors (Lipinski definition) is 1. The highest BCUT2D eigenvalue weighted by molar-refractivity contribution is 6.31. The van der Waals surface area contributed by atoms with Crippen LogP contribution >= 0.6 is 0 Å². The van der Waals surface area contributed by atoms with Crippen molar-refractivity contribution < 1.29 is 0 Å². The minimum atomic E-state index is 0.0929. The Bertz CT molecular complexity index is 4430. The number of rotatable bonds is 6. The molecule has 4 nitrogen and oxygen atoms in total. The van der Waals surface area contributed by atoms with Gasteiger partial charge in [0.15, 0.2) is 5.69 Å². The monoisotopic (exact) mass is 1130 g/mol. The van der Waals surface area contributed by atoms with Crippen molar-refractivity contribution in [1.82, 2.24) is 8.80 Å². The van der Waals surface area contributed by atoms with Crippen LogP contribution in [0.1, 0.15) is 221 Å². The van der Waals surface area contributed by atoms with Crippen molar-refractivity contribution in [2.24, 2.45) is 45.3 Å². The van der Waals surface area contributed by atoms with Crippen molar-refractivity contribution in [2.45, 2.75) is 197 Å². The molecule has 86 heavy (non-hydrogen) atoms. The van der Waals surface area contributed by atoms with Crippen molar-refractivity contribution >= 4 is 81.9 Å². The molecule has 4 unspecified atom stereocenters. The Kier molecular flexibility index (Phi) is 11.1. The molecule has 11 aromatic rings. The van der Waals surface area contributed by atoms with Gasteiger partial charge in [-0.1, -0.05) is 119 Å². The van der Waals surface area contributed by atoms with E-state index in [4.69, 9.17) is 6.57 Å². The predicted molar refractivity (Wildman–Crippen MR) is 361 cm³/mol. The van der Waals surface area contributed by atoms with Gasteiger partial charge in [0.05, 0.1) is 45.8 Å². The van der Waals surface area contributed by atoms with E-state index in [1.165, 1.54) is 207 Å². The van der Waals surface area contributed by atoms with Gasteiger partial charge in [-0.3, -0.25) is 0 Å². The van der Waals surface area contributed by atoms with Crippen molar-refractivity contribution in [1.29, 1.82) is 5.26 Å². The largest absolute Gasteiger partial charge is 0.309 e. The average Bonchev–Trinajstić information content (AvgIpc) is 1.52. The molecular weight excluding hydrogens is 1040 g/mol. The molecule has 0 aliphatic heterocycles. The van der Waals surface area contributed by atoms with Gasteiger partial charge in [-0.2, -0.15) is 5.26 Å². The highest BCUT2D eigenvalue weighted by Gasteiger charge is 2.47. The molecule has 0 amide bonds. The third kappa shape index (κ3) is 7.95. The van der Waals surface area contributed by atoms with Crippen LogP contribution in [-0.2, 0) is 25.7 Å². The van der Waals surface area contributed by atoms with Gasteiger partial charge < -0.3 is 8.80 Å². The van der Waals surface area contributed by atoms with Crippen LogP contribution in [0.4, 0.5) is 5.69 Å². The van der Waals surface area contributed by atoms with Gasteiger partial charge >= 0.3 is 0 Å². The summed E-state index contributed by atoms with van der Waals surface area (Å²) in [7, 11) is 0. The molecule has 0 radical (unpaired) electrons. The zero-order valence-electron chi connectivity index (χ0n) is 53.4. The normalized spacial score (nSPS) is 23.7. The SMILES string of the molecule is [C-]#[N+]c1cc2c(c3c1C1CC4CC(C1)CC3C4)c1cc(-c3c(CC(C)(C)C)cccc3CC(C)(C)C)cc3c4cc5c(cc4n2c31)c1cc(-c2c(CC(C)(C)C)cccc2CC(C)(C)C)cc2c3c4c(c(C#N)cc3n5c12)C1CC2CC(C1)CC4C2. The highest BCUT2D eigenvalue weighted by atomic mass is 14.9. The van der Waals surface area contributed by atoms with Gasteiger partial charge in [-0.15, -0.1) is 0 Å². The standard InChI is InChI=1S/C82H86N4/c1-79(2,3)38-47-16-14-17-48(39-80(4,5)6)69(47)55-30-60-58-36-66-59(35-65(58)85-67-34-57(42-83)71-51-22-43-20-44(23-51)27-53(26-43)73(71)75(67)62(32-55)77(60)85)61-31-56(70-49(40-81(7,8)9)18-15-19-50(70)41-82(10,11)12)33-63-76-68(86(66)78(61)63)37-64(84-13)72-52-24-45-21-46(25-52)29-54(28-45)74(72)76/h14-19,30-37,43-46,51-54H,20-29,38-41H2,1-12H3. The Balaban J connectivity index is 1.05. The summed E-state index contributed by atoms with van der Waals surface area (Å²) in [5.41, 5.74) is 26.8. The predicted octanol–water partition coefficient (Wildman–Crippen LogP) is 22.9. The number of nitrogens with zero attached hydrogens (tertiary/aromatic N) is 4. The Hall–Kier alpha value is -6.88. The first kappa shape index (κ1) is 53.4. The molecule has 0 spiro atoms. The van der Waals surface area contributed by atoms with E-state index >= 15 is 0 Å². The smallest absolute Gasteiger partial charge is 0.193 e. The van der Waals surface area contributed by atoms with Crippen LogP contribution in [-0.4, -0.2) is 8.80 Å². The molecular formula is C82H86N4. The highest BCUT2D eigenvalue weighted by Crippen LogP contribution is 2.63. The molecule has 0 N–H and O–H groups in total. The summed E-state index contributed by atoms with van der Waals surface area (Å²) in [4.78, 5) is 4.57. The van der Waals surface area contributed by atoms with E-state index in [1.54, 1.807) is 0 Å². The first-order valence-electron chi connectivity index (χ1n) is 33.5. The fourth-order valence-corrected chi connectivity index (χ4v) is 20.7. The molecule has 4 fully saturated rings.